The van der Waals surface area contributed by atoms with Crippen molar-refractivity contribution in [3.8, 4) is 0 Å². The third-order valence-corrected chi connectivity index (χ3v) is 2.48. The maximum absolute atomic E-state index is 3.85. The summed E-state index contributed by atoms with van der Waals surface area (Å²) >= 11 is 0. The van der Waals surface area contributed by atoms with Crippen molar-refractivity contribution in [1.82, 2.24) is 0 Å². The van der Waals surface area contributed by atoms with Gasteiger partial charge in [-0.3, -0.25) is 0 Å². The van der Waals surface area contributed by atoms with E-state index in [0.29, 0.717) is 0 Å². The summed E-state index contributed by atoms with van der Waals surface area (Å²) < 4.78 is 0. The average molecular weight is 207 g/mol. The molecule has 0 atom stereocenters. The molecule has 0 bridgehead atoms. The first-order valence-electron chi connectivity index (χ1n) is 6.52. The fourth-order valence-electron chi connectivity index (χ4n) is 1.46. The number of rotatable bonds is 10. The highest BCUT2D eigenvalue weighted by Gasteiger charge is 1.85. The van der Waals surface area contributed by atoms with Crippen molar-refractivity contribution < 1.29 is 0 Å². The molecule has 0 rings (SSSR count). The largest absolute Gasteiger partial charge is 0.0845 e. The molecule has 0 heteroatoms. The molecule has 0 amide bonds. The van der Waals surface area contributed by atoms with E-state index in [2.05, 4.69) is 38.2 Å². The molecule has 0 heterocycles. The van der Waals surface area contributed by atoms with Crippen LogP contribution < -0.4 is 0 Å². The van der Waals surface area contributed by atoms with Crippen LogP contribution >= 0.6 is 0 Å². The first kappa shape index (κ1) is 14.5. The molecule has 0 aliphatic carbocycles. The van der Waals surface area contributed by atoms with Gasteiger partial charge in [0.05, 0.1) is 0 Å². The Hall–Kier alpha value is -0.520. The normalized spacial score (nSPS) is 11.9. The van der Waals surface area contributed by atoms with Gasteiger partial charge in [-0.1, -0.05) is 76.7 Å². The summed E-state index contributed by atoms with van der Waals surface area (Å²) in [7, 11) is 0. The van der Waals surface area contributed by atoms with E-state index in [4.69, 9.17) is 0 Å². The fourth-order valence-corrected chi connectivity index (χ4v) is 1.46. The molecule has 87 valence electrons. The zero-order valence-corrected chi connectivity index (χ0v) is 10.4. The lowest BCUT2D eigenvalue weighted by molar-refractivity contribution is 0.651. The van der Waals surface area contributed by atoms with Gasteiger partial charge in [0.15, 0.2) is 0 Å². The lowest BCUT2D eigenvalue weighted by Gasteiger charge is -1.95. The minimum Gasteiger partial charge on any atom is -0.0845 e. The maximum Gasteiger partial charge on any atom is -0.0348 e. The van der Waals surface area contributed by atoms with Crippen LogP contribution in [0.25, 0.3) is 0 Å². The third kappa shape index (κ3) is 13.5. The van der Waals surface area contributed by atoms with E-state index >= 15 is 0 Å². The maximum atomic E-state index is 3.85. The van der Waals surface area contributed by atoms with Gasteiger partial charge in [-0.05, 0) is 19.3 Å². The van der Waals surface area contributed by atoms with Crippen LogP contribution in [0.15, 0.2) is 24.3 Å². The van der Waals surface area contributed by atoms with Crippen molar-refractivity contribution in [2.45, 2.75) is 64.7 Å². The minimum absolute atomic E-state index is 1.09. The molecule has 0 aliphatic heterocycles. The molecule has 1 radical (unpaired) electrons. The van der Waals surface area contributed by atoms with Crippen LogP contribution in [0.2, 0.25) is 0 Å². The Kier molecular flexibility index (Phi) is 13.0. The topological polar surface area (TPSA) is 0 Å². The summed E-state index contributed by atoms with van der Waals surface area (Å²) in [6.45, 7) is 6.08. The number of hydrogen-bond acceptors (Lipinski definition) is 0. The van der Waals surface area contributed by atoms with Gasteiger partial charge in [-0.15, -0.1) is 0 Å². The molecule has 0 aromatic rings. The minimum atomic E-state index is 1.09. The van der Waals surface area contributed by atoms with E-state index in [0.717, 1.165) is 6.42 Å². The van der Waals surface area contributed by atoms with Crippen molar-refractivity contribution in [2.24, 2.45) is 0 Å². The molecule has 0 N–H and O–H groups in total. The Morgan fingerprint density at radius 3 is 2.00 bits per heavy atom. The molecule has 15 heavy (non-hydrogen) atoms. The Morgan fingerprint density at radius 2 is 1.40 bits per heavy atom. The van der Waals surface area contributed by atoms with Crippen LogP contribution in [-0.2, 0) is 0 Å². The predicted molar refractivity (Wildman–Crippen MR) is 70.9 cm³/mol. The van der Waals surface area contributed by atoms with E-state index in [9.17, 15) is 0 Å². The van der Waals surface area contributed by atoms with Gasteiger partial charge < -0.3 is 0 Å². The highest BCUT2D eigenvalue weighted by Crippen LogP contribution is 2.05. The second kappa shape index (κ2) is 13.5. The van der Waals surface area contributed by atoms with Crippen molar-refractivity contribution in [2.75, 3.05) is 0 Å². The van der Waals surface area contributed by atoms with Gasteiger partial charge in [-0.25, -0.2) is 0 Å². The predicted octanol–water partition coefficient (Wildman–Crippen LogP) is 5.46. The second-order valence-electron chi connectivity index (χ2n) is 4.05. The van der Waals surface area contributed by atoms with Crippen LogP contribution in [-0.4, -0.2) is 0 Å². The van der Waals surface area contributed by atoms with Gasteiger partial charge in [0.1, 0.15) is 0 Å². The SMILES string of the molecule is [CH2]CCCCCC/C=C\C=C/CCCC. The van der Waals surface area contributed by atoms with Crippen molar-refractivity contribution in [3.63, 3.8) is 0 Å². The Bertz CT molecular complexity index is 153. The third-order valence-electron chi connectivity index (χ3n) is 2.48. The number of hydrogen-bond donors (Lipinski definition) is 0. The molecule has 0 spiro atoms. The van der Waals surface area contributed by atoms with Crippen LogP contribution in [0.5, 0.6) is 0 Å². The van der Waals surface area contributed by atoms with E-state index in [-0.39, 0.29) is 0 Å². The molecule has 0 saturated carbocycles. The Labute approximate surface area is 96.5 Å². The van der Waals surface area contributed by atoms with Crippen LogP contribution in [0.1, 0.15) is 64.7 Å². The van der Waals surface area contributed by atoms with Crippen LogP contribution in [0.4, 0.5) is 0 Å². The standard InChI is InChI=1S/C15H27/c1-3-5-7-9-11-13-15-14-12-10-8-6-4-2/h10,12,14-15H,1,3-9,11,13H2,2H3/b12-10-,15-14-. The molecule has 0 saturated heterocycles. The van der Waals surface area contributed by atoms with Crippen molar-refractivity contribution in [3.05, 3.63) is 31.2 Å². The van der Waals surface area contributed by atoms with Gasteiger partial charge in [0.2, 0.25) is 0 Å². The zero-order valence-electron chi connectivity index (χ0n) is 10.4. The van der Waals surface area contributed by atoms with Crippen molar-refractivity contribution in [1.29, 1.82) is 0 Å². The smallest absolute Gasteiger partial charge is 0.0348 e. The first-order chi connectivity index (χ1) is 7.41. The summed E-state index contributed by atoms with van der Waals surface area (Å²) in [4.78, 5) is 0. The Balaban J connectivity index is 3.13. The van der Waals surface area contributed by atoms with Gasteiger partial charge in [0, 0.05) is 0 Å². The van der Waals surface area contributed by atoms with Gasteiger partial charge in [0.25, 0.3) is 0 Å². The van der Waals surface area contributed by atoms with E-state index in [1.807, 2.05) is 0 Å². The zero-order chi connectivity index (χ0) is 11.2. The second-order valence-corrected chi connectivity index (χ2v) is 4.05. The first-order valence-corrected chi connectivity index (χ1v) is 6.52. The fraction of sp³-hybridized carbons (Fsp3) is 0.667. The molecular weight excluding hydrogens is 180 g/mol. The molecule has 0 fully saturated rings. The molecule has 0 unspecified atom stereocenters. The Morgan fingerprint density at radius 1 is 0.800 bits per heavy atom. The van der Waals surface area contributed by atoms with Crippen LogP contribution in [0.3, 0.4) is 0 Å². The summed E-state index contributed by atoms with van der Waals surface area (Å²) in [6, 6.07) is 0. The van der Waals surface area contributed by atoms with E-state index < -0.39 is 0 Å². The summed E-state index contributed by atoms with van der Waals surface area (Å²) in [5, 5.41) is 0. The van der Waals surface area contributed by atoms with Gasteiger partial charge in [-0.2, -0.15) is 0 Å². The lowest BCUT2D eigenvalue weighted by atomic mass is 10.1. The van der Waals surface area contributed by atoms with E-state index in [1.165, 1.54) is 51.4 Å². The quantitative estimate of drug-likeness (QED) is 0.329. The van der Waals surface area contributed by atoms with Gasteiger partial charge >= 0.3 is 0 Å². The molecule has 0 aromatic heterocycles. The highest BCUT2D eigenvalue weighted by molar-refractivity contribution is 5.02. The summed E-state index contributed by atoms with van der Waals surface area (Å²) in [6.07, 6.45) is 20.4. The molecular formula is C15H27. The van der Waals surface area contributed by atoms with Crippen molar-refractivity contribution >= 4 is 0 Å². The average Bonchev–Trinajstić information content (AvgIpc) is 2.26. The summed E-state index contributed by atoms with van der Waals surface area (Å²) in [5.74, 6) is 0. The molecule has 0 aromatic carbocycles. The number of allylic oxidation sites excluding steroid dienone is 4. The molecule has 0 nitrogen and oxygen atoms in total. The lowest BCUT2D eigenvalue weighted by Crippen LogP contribution is -1.75. The highest BCUT2D eigenvalue weighted by atomic mass is 13.9. The molecule has 0 aliphatic rings. The van der Waals surface area contributed by atoms with Crippen LogP contribution in [0, 0.1) is 6.92 Å². The monoisotopic (exact) mass is 207 g/mol. The number of unbranched alkanes of at least 4 members (excludes halogenated alkanes) is 7. The van der Waals surface area contributed by atoms with E-state index in [1.54, 1.807) is 0 Å². The summed E-state index contributed by atoms with van der Waals surface area (Å²) in [5.41, 5.74) is 0.